The lowest BCUT2D eigenvalue weighted by molar-refractivity contribution is -0.404. The van der Waals surface area contributed by atoms with Crippen molar-refractivity contribution >= 4 is 0 Å². The normalized spacial score (nSPS) is 52.1. The summed E-state index contributed by atoms with van der Waals surface area (Å²) in [5.41, 5.74) is 0. The first-order chi connectivity index (χ1) is 21.2. The zero-order valence-corrected chi connectivity index (χ0v) is 23.7. The van der Waals surface area contributed by atoms with Gasteiger partial charge in [-0.05, 0) is 0 Å². The highest BCUT2D eigenvalue weighted by molar-refractivity contribution is 5.03. The minimum atomic E-state index is -2.67. The van der Waals surface area contributed by atoms with Gasteiger partial charge >= 0.3 is 0 Å². The van der Waals surface area contributed by atoms with E-state index in [2.05, 4.69) is 0 Å². The molecule has 0 spiro atoms. The minimum absolute atomic E-state index is 0.809. The summed E-state index contributed by atoms with van der Waals surface area (Å²) in [6.45, 7) is -6.84. The van der Waals surface area contributed by atoms with Gasteiger partial charge in [-0.15, -0.1) is 0 Å². The standard InChI is InChI=1S/C24H42O21/c25-1-8-12(30)16(34)17(35)21(41-8)45-24(20(38)15(33)11(4-28)44-24)7-40-23(19(37)14(32)10(3-27)43-23)6-39-22(5-29)18(36)13(31)9(2-26)42-22/h8-21,25-38H,1-7H2/t8-,9+,10+,11+,12+,13-,14-,15-,16+,17+,18-,19-,20-,21-,22+,23+,24-/m0/s1. The summed E-state index contributed by atoms with van der Waals surface area (Å²) in [5.74, 6) is -7.73. The molecule has 4 heterocycles. The fourth-order valence-electron chi connectivity index (χ4n) is 5.65. The van der Waals surface area contributed by atoms with Gasteiger partial charge in [-0.1, -0.05) is 0 Å². The molecule has 0 aliphatic carbocycles. The van der Waals surface area contributed by atoms with Crippen LogP contribution in [0.3, 0.4) is 0 Å². The number of aliphatic hydroxyl groups is 14. The highest BCUT2D eigenvalue weighted by atomic mass is 16.8. The van der Waals surface area contributed by atoms with Crippen molar-refractivity contribution in [2.45, 2.75) is 103 Å². The van der Waals surface area contributed by atoms with Gasteiger partial charge in [0.1, 0.15) is 99.2 Å². The third-order valence-electron chi connectivity index (χ3n) is 8.48. The Balaban J connectivity index is 1.65. The van der Waals surface area contributed by atoms with Crippen LogP contribution in [0, 0.1) is 0 Å². The first-order valence-corrected chi connectivity index (χ1v) is 14.0. The van der Waals surface area contributed by atoms with Gasteiger partial charge in [-0.3, -0.25) is 0 Å². The van der Waals surface area contributed by atoms with Crippen molar-refractivity contribution in [2.75, 3.05) is 46.2 Å². The van der Waals surface area contributed by atoms with Crippen LogP contribution in [0.4, 0.5) is 0 Å². The van der Waals surface area contributed by atoms with Crippen LogP contribution in [0.2, 0.25) is 0 Å². The maximum absolute atomic E-state index is 11.0. The summed E-state index contributed by atoms with van der Waals surface area (Å²) in [5, 5.41) is 143. The van der Waals surface area contributed by atoms with Gasteiger partial charge in [0.2, 0.25) is 17.4 Å². The topological polar surface area (TPSA) is 348 Å². The SMILES string of the molecule is OC[C@@H]1O[C@@H](O[C@]2(CO[C@]3(CO[C@]4(CO)O[C@H](CO)[C@H](O)[C@@H]4O)O[C@H](CO)[C@H](O)[C@@H]3O)O[C@H](CO)[C@H](O)[C@@H]2O)[C@H](O)[C@H](O)[C@@H]1O. The number of rotatable bonds is 13. The first kappa shape index (κ1) is 37.0. The van der Waals surface area contributed by atoms with Crippen LogP contribution in [0.15, 0.2) is 0 Å². The van der Waals surface area contributed by atoms with E-state index in [4.69, 9.17) is 33.2 Å². The van der Waals surface area contributed by atoms with E-state index >= 15 is 0 Å². The molecule has 0 aromatic rings. The molecule has 4 fully saturated rings. The van der Waals surface area contributed by atoms with Crippen LogP contribution >= 0.6 is 0 Å². The Bertz CT molecular complexity index is 962. The van der Waals surface area contributed by atoms with Crippen LogP contribution in [-0.2, 0) is 33.2 Å². The van der Waals surface area contributed by atoms with Gasteiger partial charge in [-0.2, -0.15) is 0 Å². The average molecular weight is 667 g/mol. The number of aliphatic hydroxyl groups excluding tert-OH is 14. The summed E-state index contributed by atoms with van der Waals surface area (Å²) >= 11 is 0. The summed E-state index contributed by atoms with van der Waals surface area (Å²) in [6.07, 6.45) is -25.6. The second kappa shape index (κ2) is 14.3. The molecule has 4 saturated heterocycles. The fraction of sp³-hybridized carbons (Fsp3) is 1.00. The van der Waals surface area contributed by atoms with Crippen molar-refractivity contribution in [3.63, 3.8) is 0 Å². The molecular weight excluding hydrogens is 624 g/mol. The monoisotopic (exact) mass is 666 g/mol. The Morgan fingerprint density at radius 2 is 0.844 bits per heavy atom. The zero-order valence-electron chi connectivity index (χ0n) is 23.7. The zero-order chi connectivity index (χ0) is 33.5. The Labute approximate surface area is 254 Å². The van der Waals surface area contributed by atoms with Crippen molar-refractivity contribution in [1.82, 2.24) is 0 Å². The van der Waals surface area contributed by atoms with E-state index in [0.29, 0.717) is 0 Å². The Hall–Kier alpha value is -0.840. The molecule has 17 atom stereocenters. The van der Waals surface area contributed by atoms with E-state index in [0.717, 1.165) is 0 Å². The van der Waals surface area contributed by atoms with Crippen molar-refractivity contribution in [1.29, 1.82) is 0 Å². The quantitative estimate of drug-likeness (QED) is 0.0867. The van der Waals surface area contributed by atoms with Gasteiger partial charge in [0.15, 0.2) is 6.29 Å². The lowest BCUT2D eigenvalue weighted by Crippen LogP contribution is -2.63. The molecule has 45 heavy (non-hydrogen) atoms. The molecule has 4 rings (SSSR count). The predicted octanol–water partition coefficient (Wildman–Crippen LogP) is -9.74. The Morgan fingerprint density at radius 3 is 1.31 bits per heavy atom. The van der Waals surface area contributed by atoms with Gasteiger partial charge in [-0.25, -0.2) is 0 Å². The van der Waals surface area contributed by atoms with E-state index in [1.54, 1.807) is 0 Å². The molecule has 21 heteroatoms. The van der Waals surface area contributed by atoms with E-state index in [1.807, 2.05) is 0 Å². The van der Waals surface area contributed by atoms with Crippen molar-refractivity contribution in [2.24, 2.45) is 0 Å². The van der Waals surface area contributed by atoms with E-state index in [9.17, 15) is 71.5 Å². The lowest BCUT2D eigenvalue weighted by Gasteiger charge is -2.44. The smallest absolute Gasteiger partial charge is 0.224 e. The molecule has 21 nitrogen and oxygen atoms in total. The highest BCUT2D eigenvalue weighted by Crippen LogP contribution is 2.41. The summed E-state index contributed by atoms with van der Waals surface area (Å²) in [7, 11) is 0. The summed E-state index contributed by atoms with van der Waals surface area (Å²) in [6, 6.07) is 0. The maximum Gasteiger partial charge on any atom is 0.224 e. The Kier molecular flexibility index (Phi) is 11.8. The molecular formula is C24H42O21. The molecule has 0 bridgehead atoms. The van der Waals surface area contributed by atoms with Gasteiger partial charge in [0, 0.05) is 0 Å². The number of hydrogen-bond donors (Lipinski definition) is 14. The van der Waals surface area contributed by atoms with Crippen LogP contribution in [0.5, 0.6) is 0 Å². The largest absolute Gasteiger partial charge is 0.394 e. The van der Waals surface area contributed by atoms with Crippen LogP contribution < -0.4 is 0 Å². The number of hydrogen-bond acceptors (Lipinski definition) is 21. The number of ether oxygens (including phenoxy) is 7. The summed E-state index contributed by atoms with van der Waals surface area (Å²) in [4.78, 5) is 0. The van der Waals surface area contributed by atoms with E-state index in [1.165, 1.54) is 0 Å². The second-order valence-corrected chi connectivity index (χ2v) is 11.3. The molecule has 14 N–H and O–H groups in total. The van der Waals surface area contributed by atoms with Gasteiger partial charge in [0.05, 0.1) is 26.4 Å². The molecule has 0 aromatic carbocycles. The molecule has 4 aliphatic rings. The lowest BCUT2D eigenvalue weighted by atomic mass is 9.99. The van der Waals surface area contributed by atoms with Gasteiger partial charge in [0.25, 0.3) is 0 Å². The summed E-state index contributed by atoms with van der Waals surface area (Å²) < 4.78 is 38.7. The molecule has 0 radical (unpaired) electrons. The average Bonchev–Trinajstić information content (AvgIpc) is 3.55. The molecule has 0 aromatic heterocycles. The van der Waals surface area contributed by atoms with Crippen molar-refractivity contribution in [3.8, 4) is 0 Å². The third kappa shape index (κ3) is 6.49. The maximum atomic E-state index is 11.0. The molecule has 264 valence electrons. The van der Waals surface area contributed by atoms with Gasteiger partial charge < -0.3 is 105 Å². The van der Waals surface area contributed by atoms with E-state index < -0.39 is 149 Å². The minimum Gasteiger partial charge on any atom is -0.394 e. The Morgan fingerprint density at radius 1 is 0.444 bits per heavy atom. The molecule has 0 unspecified atom stereocenters. The fourth-order valence-corrected chi connectivity index (χ4v) is 5.65. The molecule has 4 aliphatic heterocycles. The van der Waals surface area contributed by atoms with Crippen LogP contribution in [-0.4, -0.2) is 221 Å². The van der Waals surface area contributed by atoms with Crippen LogP contribution in [0.1, 0.15) is 0 Å². The van der Waals surface area contributed by atoms with E-state index in [-0.39, 0.29) is 0 Å². The van der Waals surface area contributed by atoms with Crippen LogP contribution in [0.25, 0.3) is 0 Å². The van der Waals surface area contributed by atoms with Crippen molar-refractivity contribution in [3.05, 3.63) is 0 Å². The van der Waals surface area contributed by atoms with Crippen molar-refractivity contribution < 1.29 is 105 Å². The first-order valence-electron chi connectivity index (χ1n) is 14.0. The molecule has 0 amide bonds. The predicted molar refractivity (Wildman–Crippen MR) is 134 cm³/mol. The molecule has 0 saturated carbocycles. The second-order valence-electron chi connectivity index (χ2n) is 11.3. The third-order valence-corrected chi connectivity index (χ3v) is 8.48. The highest BCUT2D eigenvalue weighted by Gasteiger charge is 2.64.